The van der Waals surface area contributed by atoms with Gasteiger partial charge in [0.1, 0.15) is 11.4 Å². The molecule has 49 heavy (non-hydrogen) atoms. The fourth-order valence-corrected chi connectivity index (χ4v) is 17.6. The number of benzene rings is 3. The SMILES string of the molecule is C[C@H](CC(=O)C(C#N)=P(c1ccccc1)(c1ccccc1)c1ccccc1)[C@H]1CC[C@H]2C3CC[C@H]4C(C)(C)C(O)CCC45CC35CCC12C. The van der Waals surface area contributed by atoms with Gasteiger partial charge in [0.15, 0.2) is 5.78 Å². The number of nitrogens with zero attached hydrogens (tertiary/aromatic N) is 1. The van der Waals surface area contributed by atoms with Crippen molar-refractivity contribution in [1.82, 2.24) is 0 Å². The monoisotopic (exact) mass is 671 g/mol. The van der Waals surface area contributed by atoms with Crippen LogP contribution < -0.4 is 15.9 Å². The van der Waals surface area contributed by atoms with Crippen molar-refractivity contribution in [1.29, 1.82) is 5.26 Å². The number of hydrogen-bond donors (Lipinski definition) is 1. The first-order valence-electron chi connectivity index (χ1n) is 19.1. The van der Waals surface area contributed by atoms with E-state index in [4.69, 9.17) is 0 Å². The van der Waals surface area contributed by atoms with Gasteiger partial charge in [0.05, 0.1) is 6.10 Å². The van der Waals surface area contributed by atoms with Crippen molar-refractivity contribution in [2.45, 2.75) is 98.0 Å². The number of ketones is 1. The summed E-state index contributed by atoms with van der Waals surface area (Å²) < 4.78 is 0. The number of rotatable bonds is 7. The van der Waals surface area contributed by atoms with Crippen LogP contribution in [0.2, 0.25) is 0 Å². The fourth-order valence-electron chi connectivity index (χ4n) is 13.5. The Bertz CT molecular complexity index is 1720. The van der Waals surface area contributed by atoms with Crippen molar-refractivity contribution in [3.8, 4) is 6.07 Å². The zero-order chi connectivity index (χ0) is 34.2. The molecule has 9 atom stereocenters. The minimum atomic E-state index is -2.72. The Hall–Kier alpha value is -2.92. The van der Waals surface area contributed by atoms with Crippen LogP contribution in [0.5, 0.6) is 0 Å². The number of Topliss-reactive ketones (excluding diaryl/α,β-unsaturated/α-hetero) is 1. The summed E-state index contributed by atoms with van der Waals surface area (Å²) in [6, 6.07) is 33.6. The lowest BCUT2D eigenvalue weighted by Crippen LogP contribution is -2.54. The largest absolute Gasteiger partial charge is 0.393 e. The second kappa shape index (κ2) is 11.8. The van der Waals surface area contributed by atoms with Crippen molar-refractivity contribution >= 4 is 33.9 Å². The van der Waals surface area contributed by atoms with Crippen molar-refractivity contribution in [3.05, 3.63) is 91.0 Å². The molecule has 3 aromatic rings. The van der Waals surface area contributed by atoms with E-state index in [2.05, 4.69) is 70.2 Å². The molecule has 5 aliphatic rings. The van der Waals surface area contributed by atoms with Crippen LogP contribution in [0.25, 0.3) is 0 Å². The van der Waals surface area contributed by atoms with Crippen LogP contribution in [0.15, 0.2) is 91.0 Å². The number of nitriles is 1. The third-order valence-electron chi connectivity index (χ3n) is 15.7. The van der Waals surface area contributed by atoms with E-state index < -0.39 is 6.89 Å². The highest BCUT2D eigenvalue weighted by atomic mass is 31.2. The van der Waals surface area contributed by atoms with Crippen molar-refractivity contribution < 1.29 is 9.90 Å². The molecule has 5 saturated carbocycles. The molecule has 4 heteroatoms. The molecule has 0 aromatic heterocycles. The second-order valence-electron chi connectivity index (χ2n) is 17.6. The van der Waals surface area contributed by atoms with Gasteiger partial charge in [-0.15, -0.1) is 0 Å². The van der Waals surface area contributed by atoms with E-state index in [1.54, 1.807) is 0 Å². The zero-order valence-corrected chi connectivity index (χ0v) is 30.8. The minimum Gasteiger partial charge on any atom is -0.393 e. The summed E-state index contributed by atoms with van der Waals surface area (Å²) >= 11 is 0. The summed E-state index contributed by atoms with van der Waals surface area (Å²) in [4.78, 5) is 14.8. The quantitative estimate of drug-likeness (QED) is 0.256. The van der Waals surface area contributed by atoms with Gasteiger partial charge in [-0.3, -0.25) is 4.79 Å². The first kappa shape index (κ1) is 33.2. The summed E-state index contributed by atoms with van der Waals surface area (Å²) in [5, 5.41) is 25.7. The van der Waals surface area contributed by atoms with Gasteiger partial charge < -0.3 is 5.11 Å². The Balaban J connectivity index is 1.13. The van der Waals surface area contributed by atoms with Gasteiger partial charge in [-0.05, 0) is 132 Å². The summed E-state index contributed by atoms with van der Waals surface area (Å²) in [5.41, 5.74) is 1.20. The van der Waals surface area contributed by atoms with E-state index in [1.807, 2.05) is 54.6 Å². The van der Waals surface area contributed by atoms with Gasteiger partial charge in [0.25, 0.3) is 0 Å². The van der Waals surface area contributed by atoms with E-state index in [1.165, 1.54) is 51.4 Å². The van der Waals surface area contributed by atoms with E-state index in [9.17, 15) is 15.2 Å². The molecule has 5 fully saturated rings. The van der Waals surface area contributed by atoms with Crippen LogP contribution >= 0.6 is 6.89 Å². The third kappa shape index (κ3) is 4.59. The smallest absolute Gasteiger partial charge is 0.174 e. The Morgan fingerprint density at radius 1 is 0.776 bits per heavy atom. The van der Waals surface area contributed by atoms with Crippen molar-refractivity contribution in [3.63, 3.8) is 0 Å². The van der Waals surface area contributed by atoms with Crippen molar-refractivity contribution in [2.75, 3.05) is 0 Å². The molecular weight excluding hydrogens is 617 g/mol. The molecule has 8 rings (SSSR count). The van der Waals surface area contributed by atoms with E-state index in [0.29, 0.717) is 34.4 Å². The molecule has 0 radical (unpaired) electrons. The normalized spacial score (nSPS) is 36.2. The Morgan fingerprint density at radius 3 is 1.88 bits per heavy atom. The number of carbonyl (C=O) groups is 1. The molecule has 0 bridgehead atoms. The molecule has 3 aromatic carbocycles. The number of fused-ring (bicyclic) bond motifs is 2. The summed E-state index contributed by atoms with van der Waals surface area (Å²) in [6.45, 7) is 6.89. The Kier molecular flexibility index (Phi) is 8.02. The highest BCUT2D eigenvalue weighted by Crippen LogP contribution is 2.87. The highest BCUT2D eigenvalue weighted by Gasteiger charge is 2.80. The number of aliphatic hydroxyl groups excluding tert-OH is 1. The minimum absolute atomic E-state index is 0.0205. The Labute approximate surface area is 294 Å². The van der Waals surface area contributed by atoms with Crippen LogP contribution in [0, 0.1) is 62.6 Å². The van der Waals surface area contributed by atoms with Gasteiger partial charge in [0.2, 0.25) is 0 Å². The molecule has 3 nitrogen and oxygen atoms in total. The molecule has 256 valence electrons. The molecule has 0 saturated heterocycles. The highest BCUT2D eigenvalue weighted by molar-refractivity contribution is 7.96. The molecule has 5 unspecified atom stereocenters. The summed E-state index contributed by atoms with van der Waals surface area (Å²) in [5.74, 6) is 2.91. The lowest BCUT2D eigenvalue weighted by atomic mass is 9.46. The van der Waals surface area contributed by atoms with Crippen LogP contribution in [0.1, 0.15) is 91.9 Å². The summed E-state index contributed by atoms with van der Waals surface area (Å²) in [7, 11) is 0. The van der Waals surface area contributed by atoms with Crippen LogP contribution in [-0.4, -0.2) is 22.3 Å². The number of aliphatic hydroxyl groups is 1. The average Bonchev–Trinajstić information content (AvgIpc) is 3.66. The molecule has 2 spiro atoms. The fraction of sp³-hybridized carbons (Fsp3) is 0.533. The molecule has 5 aliphatic carbocycles. The van der Waals surface area contributed by atoms with Crippen LogP contribution in [-0.2, 0) is 4.79 Å². The maximum absolute atomic E-state index is 14.8. The lowest BCUT2D eigenvalue weighted by molar-refractivity contribution is -0.134. The molecular formula is C45H54NO2P. The van der Waals surface area contributed by atoms with Gasteiger partial charge in [-0.1, -0.05) is 119 Å². The zero-order valence-electron chi connectivity index (χ0n) is 29.9. The van der Waals surface area contributed by atoms with Crippen molar-refractivity contribution in [2.24, 2.45) is 51.2 Å². The second-order valence-corrected chi connectivity index (χ2v) is 21.0. The standard InChI is InChI=1S/C45H54NO2P/c1-31(35-20-21-36-37-22-23-40-42(2,3)41(48)24-25-45(40)30-44(37,45)27-26-43(35,36)4)28-38(47)39(29-46)49(32-14-8-5-9-15-32,33-16-10-6-11-17-33)34-18-12-7-13-19-34/h5-19,31,35-37,40-41,48H,20-28,30H2,1-4H3/t31-,35-,36+,37?,40+,41?,43?,44?,45?/m1/s1. The predicted molar refractivity (Wildman–Crippen MR) is 203 cm³/mol. The van der Waals surface area contributed by atoms with Crippen LogP contribution in [0.3, 0.4) is 0 Å². The maximum atomic E-state index is 14.8. The van der Waals surface area contributed by atoms with Gasteiger partial charge in [-0.2, -0.15) is 5.26 Å². The van der Waals surface area contributed by atoms with E-state index >= 15 is 0 Å². The summed E-state index contributed by atoms with van der Waals surface area (Å²) in [6.07, 6.45) is 11.5. The average molecular weight is 672 g/mol. The molecule has 0 aliphatic heterocycles. The van der Waals surface area contributed by atoms with Gasteiger partial charge in [-0.25, -0.2) is 0 Å². The predicted octanol–water partition coefficient (Wildman–Crippen LogP) is 8.68. The lowest BCUT2D eigenvalue weighted by Gasteiger charge is -2.59. The van der Waals surface area contributed by atoms with E-state index in [-0.39, 0.29) is 28.6 Å². The third-order valence-corrected chi connectivity index (χ3v) is 19.9. The van der Waals surface area contributed by atoms with Crippen LogP contribution in [0.4, 0.5) is 0 Å². The molecule has 0 heterocycles. The van der Waals surface area contributed by atoms with E-state index in [0.717, 1.165) is 34.2 Å². The Morgan fingerprint density at radius 2 is 1.33 bits per heavy atom. The topological polar surface area (TPSA) is 61.1 Å². The molecule has 0 amide bonds. The number of hydrogen-bond acceptors (Lipinski definition) is 3. The maximum Gasteiger partial charge on any atom is 0.174 e. The first-order chi connectivity index (χ1) is 23.6. The first-order valence-corrected chi connectivity index (χ1v) is 20.9. The van der Waals surface area contributed by atoms with Gasteiger partial charge in [0, 0.05) is 6.42 Å². The molecule has 1 N–H and O–H groups in total. The number of carbonyl (C=O) groups excluding carboxylic acids is 1. The van der Waals surface area contributed by atoms with Gasteiger partial charge >= 0.3 is 0 Å².